The van der Waals surface area contributed by atoms with Crippen LogP contribution in [0.3, 0.4) is 0 Å². The molecule has 90 valence electrons. The highest BCUT2D eigenvalue weighted by Gasteiger charge is 2.20. The zero-order valence-electron chi connectivity index (χ0n) is 9.73. The highest BCUT2D eigenvalue weighted by molar-refractivity contribution is 5.75. The molecule has 1 aliphatic rings. The molecule has 1 saturated carbocycles. The maximum absolute atomic E-state index is 5.87. The van der Waals surface area contributed by atoms with E-state index in [1.54, 1.807) is 0 Å². The minimum atomic E-state index is 0.260. The Hall–Kier alpha value is -1.55. The number of aromatic nitrogens is 2. The predicted octanol–water partition coefficient (Wildman–Crippen LogP) is 2.21. The number of hydrogen-bond acceptors (Lipinski definition) is 3. The van der Waals surface area contributed by atoms with Gasteiger partial charge >= 0.3 is 0 Å². The third-order valence-electron chi connectivity index (χ3n) is 3.36. The van der Waals surface area contributed by atoms with Gasteiger partial charge in [-0.25, -0.2) is 0 Å². The normalized spacial score (nSPS) is 25.0. The SMILES string of the molecule is NC1CCC(Oc2nc3ccccc3[nH]2)CC1. The van der Waals surface area contributed by atoms with E-state index < -0.39 is 0 Å². The quantitative estimate of drug-likeness (QED) is 0.833. The molecule has 0 amide bonds. The zero-order valence-corrected chi connectivity index (χ0v) is 9.73. The third-order valence-corrected chi connectivity index (χ3v) is 3.36. The van der Waals surface area contributed by atoms with Crippen molar-refractivity contribution in [2.24, 2.45) is 5.73 Å². The molecule has 0 bridgehead atoms. The average Bonchev–Trinajstić information content (AvgIpc) is 2.74. The smallest absolute Gasteiger partial charge is 0.294 e. The number of fused-ring (bicyclic) bond motifs is 1. The Morgan fingerprint density at radius 1 is 1.18 bits per heavy atom. The van der Waals surface area contributed by atoms with Gasteiger partial charge in [0.15, 0.2) is 0 Å². The summed E-state index contributed by atoms with van der Waals surface area (Å²) in [5.41, 5.74) is 7.85. The van der Waals surface area contributed by atoms with E-state index in [1.807, 2.05) is 24.3 Å². The van der Waals surface area contributed by atoms with Crippen LogP contribution < -0.4 is 10.5 Å². The fraction of sp³-hybridized carbons (Fsp3) is 0.462. The van der Waals surface area contributed by atoms with E-state index in [9.17, 15) is 0 Å². The monoisotopic (exact) mass is 231 g/mol. The van der Waals surface area contributed by atoms with Crippen molar-refractivity contribution in [1.29, 1.82) is 0 Å². The fourth-order valence-corrected chi connectivity index (χ4v) is 2.35. The Labute approximate surface area is 100 Å². The molecule has 0 aliphatic heterocycles. The second kappa shape index (κ2) is 4.37. The van der Waals surface area contributed by atoms with E-state index in [2.05, 4.69) is 9.97 Å². The number of nitrogens with two attached hydrogens (primary N) is 1. The van der Waals surface area contributed by atoms with E-state index in [0.29, 0.717) is 12.1 Å². The molecular formula is C13H17N3O. The predicted molar refractivity (Wildman–Crippen MR) is 67.0 cm³/mol. The van der Waals surface area contributed by atoms with E-state index in [4.69, 9.17) is 10.5 Å². The number of nitrogens with zero attached hydrogens (tertiary/aromatic N) is 1. The van der Waals surface area contributed by atoms with E-state index in [1.165, 1.54) is 0 Å². The lowest BCUT2D eigenvalue weighted by Gasteiger charge is -2.25. The first kappa shape index (κ1) is 10.6. The topological polar surface area (TPSA) is 63.9 Å². The maximum Gasteiger partial charge on any atom is 0.294 e. The number of nitrogens with one attached hydrogen (secondary N) is 1. The first-order valence-corrected chi connectivity index (χ1v) is 6.18. The molecule has 0 atom stereocenters. The van der Waals surface area contributed by atoms with Crippen molar-refractivity contribution in [2.75, 3.05) is 0 Å². The minimum absolute atomic E-state index is 0.260. The Bertz CT molecular complexity index is 467. The summed E-state index contributed by atoms with van der Waals surface area (Å²) in [4.78, 5) is 7.61. The molecule has 0 saturated heterocycles. The molecule has 0 unspecified atom stereocenters. The Morgan fingerprint density at radius 3 is 2.71 bits per heavy atom. The molecule has 1 aromatic heterocycles. The van der Waals surface area contributed by atoms with Gasteiger partial charge in [0.2, 0.25) is 0 Å². The summed E-state index contributed by atoms with van der Waals surface area (Å²) in [7, 11) is 0. The minimum Gasteiger partial charge on any atom is -0.461 e. The maximum atomic E-state index is 5.87. The lowest BCUT2D eigenvalue weighted by Crippen LogP contribution is -2.31. The second-order valence-electron chi connectivity index (χ2n) is 4.71. The first-order valence-electron chi connectivity index (χ1n) is 6.18. The molecule has 1 aromatic carbocycles. The highest BCUT2D eigenvalue weighted by Crippen LogP contribution is 2.23. The second-order valence-corrected chi connectivity index (χ2v) is 4.71. The van der Waals surface area contributed by atoms with Crippen molar-refractivity contribution < 1.29 is 4.74 Å². The van der Waals surface area contributed by atoms with Crippen molar-refractivity contribution in [2.45, 2.75) is 37.8 Å². The number of imidazole rings is 1. The Kier molecular flexibility index (Phi) is 2.73. The summed E-state index contributed by atoms with van der Waals surface area (Å²) in [6, 6.07) is 8.94. The molecule has 4 heteroatoms. The Morgan fingerprint density at radius 2 is 1.94 bits per heavy atom. The van der Waals surface area contributed by atoms with Crippen molar-refractivity contribution in [3.63, 3.8) is 0 Å². The molecule has 3 N–H and O–H groups in total. The molecule has 0 spiro atoms. The van der Waals surface area contributed by atoms with Crippen LogP contribution in [0.1, 0.15) is 25.7 Å². The van der Waals surface area contributed by atoms with Crippen LogP contribution in [0.15, 0.2) is 24.3 Å². The molecule has 2 aromatic rings. The van der Waals surface area contributed by atoms with Gasteiger partial charge in [0.25, 0.3) is 6.01 Å². The molecule has 1 aliphatic carbocycles. The van der Waals surface area contributed by atoms with Gasteiger partial charge in [0, 0.05) is 6.04 Å². The summed E-state index contributed by atoms with van der Waals surface area (Å²) < 4.78 is 5.87. The summed E-state index contributed by atoms with van der Waals surface area (Å²) in [6.45, 7) is 0. The van der Waals surface area contributed by atoms with Crippen LogP contribution in [0.5, 0.6) is 6.01 Å². The summed E-state index contributed by atoms with van der Waals surface area (Å²) in [5, 5.41) is 0. The highest BCUT2D eigenvalue weighted by atomic mass is 16.5. The van der Waals surface area contributed by atoms with E-state index >= 15 is 0 Å². The number of hydrogen-bond donors (Lipinski definition) is 2. The van der Waals surface area contributed by atoms with Crippen molar-refractivity contribution in [1.82, 2.24) is 9.97 Å². The Balaban J connectivity index is 1.72. The lowest BCUT2D eigenvalue weighted by molar-refractivity contribution is 0.136. The number of rotatable bonds is 2. The third kappa shape index (κ3) is 2.26. The van der Waals surface area contributed by atoms with Crippen LogP contribution in [-0.2, 0) is 0 Å². The van der Waals surface area contributed by atoms with Crippen molar-refractivity contribution >= 4 is 11.0 Å². The van der Waals surface area contributed by atoms with Crippen LogP contribution in [-0.4, -0.2) is 22.1 Å². The molecule has 3 rings (SSSR count). The van der Waals surface area contributed by atoms with Gasteiger partial charge < -0.3 is 15.5 Å². The molecule has 0 radical (unpaired) electrons. The number of ether oxygens (including phenoxy) is 1. The molecule has 1 heterocycles. The average molecular weight is 231 g/mol. The van der Waals surface area contributed by atoms with Gasteiger partial charge in [0.1, 0.15) is 6.10 Å². The van der Waals surface area contributed by atoms with Crippen LogP contribution in [0.4, 0.5) is 0 Å². The largest absolute Gasteiger partial charge is 0.461 e. The molecule has 17 heavy (non-hydrogen) atoms. The summed E-state index contributed by atoms with van der Waals surface area (Å²) in [6.07, 6.45) is 4.40. The summed E-state index contributed by atoms with van der Waals surface area (Å²) in [5.74, 6) is 0. The van der Waals surface area contributed by atoms with Gasteiger partial charge in [0.05, 0.1) is 11.0 Å². The van der Waals surface area contributed by atoms with Gasteiger partial charge in [-0.15, -0.1) is 0 Å². The van der Waals surface area contributed by atoms with Crippen LogP contribution in [0, 0.1) is 0 Å². The van der Waals surface area contributed by atoms with Crippen molar-refractivity contribution in [3.05, 3.63) is 24.3 Å². The molecule has 1 fully saturated rings. The van der Waals surface area contributed by atoms with Gasteiger partial charge in [-0.2, -0.15) is 4.98 Å². The number of aromatic amines is 1. The number of H-pyrrole nitrogens is 1. The van der Waals surface area contributed by atoms with Gasteiger partial charge in [-0.1, -0.05) is 12.1 Å². The molecule has 4 nitrogen and oxygen atoms in total. The number of para-hydroxylation sites is 2. The van der Waals surface area contributed by atoms with E-state index in [-0.39, 0.29) is 6.10 Å². The van der Waals surface area contributed by atoms with Crippen LogP contribution in [0.2, 0.25) is 0 Å². The molecular weight excluding hydrogens is 214 g/mol. The van der Waals surface area contributed by atoms with Crippen molar-refractivity contribution in [3.8, 4) is 6.01 Å². The fourth-order valence-electron chi connectivity index (χ4n) is 2.35. The van der Waals surface area contributed by atoms with Crippen LogP contribution >= 0.6 is 0 Å². The number of benzene rings is 1. The standard InChI is InChI=1S/C13H17N3O/c14-9-5-7-10(8-6-9)17-13-15-11-3-1-2-4-12(11)16-13/h1-4,9-10H,5-8,14H2,(H,15,16). The van der Waals surface area contributed by atoms with Gasteiger partial charge in [-0.3, -0.25) is 0 Å². The van der Waals surface area contributed by atoms with E-state index in [0.717, 1.165) is 36.7 Å². The summed E-state index contributed by atoms with van der Waals surface area (Å²) >= 11 is 0. The first-order chi connectivity index (χ1) is 8.31. The lowest BCUT2D eigenvalue weighted by atomic mass is 9.94. The zero-order chi connectivity index (χ0) is 11.7. The van der Waals surface area contributed by atoms with Crippen LogP contribution in [0.25, 0.3) is 11.0 Å². The van der Waals surface area contributed by atoms with Gasteiger partial charge in [-0.05, 0) is 37.8 Å².